The Morgan fingerprint density at radius 2 is 0.800 bits per heavy atom. The second kappa shape index (κ2) is 28.9. The number of hydrogen-bond acceptors (Lipinski definition) is 0. The largest absolute Gasteiger partial charge is 0.316 e. The van der Waals surface area contributed by atoms with E-state index in [1.54, 1.807) is 0 Å². The van der Waals surface area contributed by atoms with Gasteiger partial charge in [-0.2, -0.15) is 0 Å². The summed E-state index contributed by atoms with van der Waals surface area (Å²) < 4.78 is 0. The third-order valence-electron chi connectivity index (χ3n) is 0. The van der Waals surface area contributed by atoms with Crippen molar-refractivity contribution in [1.29, 1.82) is 0 Å². The van der Waals surface area contributed by atoms with Crippen LogP contribution in [0.5, 0.6) is 0 Å². The van der Waals surface area contributed by atoms with Crippen LogP contribution in [0.3, 0.4) is 0 Å². The van der Waals surface area contributed by atoms with Crippen LogP contribution >= 0.6 is 0 Å². The van der Waals surface area contributed by atoms with E-state index in [-0.39, 0.29) is 91.3 Å². The molecule has 0 heterocycles. The average molecular weight is 244 g/mol. The number of hydrogen-bond donors (Lipinski definition) is 0. The molecule has 0 saturated heterocycles. The van der Waals surface area contributed by atoms with Crippen molar-refractivity contribution in [3.05, 3.63) is 0 Å². The van der Waals surface area contributed by atoms with Gasteiger partial charge in [-0.25, -0.2) is 0 Å². The van der Waals surface area contributed by atoms with E-state index < -0.39 is 0 Å². The molecule has 0 atom stereocenters. The minimum Gasteiger partial charge on any atom is 0 e. The van der Waals surface area contributed by atoms with Crippen LogP contribution in [0, 0.1) is 0 Å². The minimum absolute atomic E-state index is 0. The van der Waals surface area contributed by atoms with Gasteiger partial charge in [0.25, 0.3) is 0 Å². The summed E-state index contributed by atoms with van der Waals surface area (Å²) in [6.45, 7) is 0. The molecule has 0 bridgehead atoms. The Morgan fingerprint density at radius 1 is 0.800 bits per heavy atom. The molecule has 0 N–H and O–H groups in total. The van der Waals surface area contributed by atoms with Crippen LogP contribution in [-0.2, 0) is 68.3 Å². The van der Waals surface area contributed by atoms with Gasteiger partial charge in [-0.05, 0) is 0 Å². The van der Waals surface area contributed by atoms with Crippen LogP contribution in [0.25, 0.3) is 0 Å². The molecular formula is H2Cr2MgMnNi. The third-order valence-corrected chi connectivity index (χ3v) is 0. The number of rotatable bonds is 0. The van der Waals surface area contributed by atoms with E-state index in [0.29, 0.717) is 0 Å². The Labute approximate surface area is 90.0 Å². The van der Waals surface area contributed by atoms with Crippen molar-refractivity contribution in [2.24, 2.45) is 0 Å². The van der Waals surface area contributed by atoms with E-state index in [9.17, 15) is 0 Å². The van der Waals surface area contributed by atoms with Gasteiger partial charge in [-0.15, -0.1) is 0 Å². The van der Waals surface area contributed by atoms with E-state index >= 15 is 0 Å². The molecule has 5 heteroatoms. The first-order chi connectivity index (χ1) is 0. The zero-order valence-electron chi connectivity index (χ0n) is 1.51. The van der Waals surface area contributed by atoms with Crippen LogP contribution in [0.4, 0.5) is 0 Å². The van der Waals surface area contributed by atoms with Crippen molar-refractivity contribution in [2.75, 3.05) is 0 Å². The first-order valence-corrected chi connectivity index (χ1v) is 0. The molecule has 0 saturated carbocycles. The van der Waals surface area contributed by atoms with Crippen molar-refractivity contribution < 1.29 is 68.3 Å². The second-order valence-corrected chi connectivity index (χ2v) is 0. The summed E-state index contributed by atoms with van der Waals surface area (Å²) in [5.74, 6) is 0. The summed E-state index contributed by atoms with van der Waals surface area (Å²) in [5.41, 5.74) is 0. The topological polar surface area (TPSA) is 0 Å². The fraction of sp³-hybridized carbons (Fsp3) is 0. The maximum absolute atomic E-state index is 0. The van der Waals surface area contributed by atoms with Gasteiger partial charge in [-0.1, -0.05) is 0 Å². The molecule has 0 nitrogen and oxygen atoms in total. The van der Waals surface area contributed by atoms with Crippen molar-refractivity contribution >= 4 is 23.1 Å². The molecule has 0 aromatic heterocycles. The Morgan fingerprint density at radius 3 is 0.800 bits per heavy atom. The smallest absolute Gasteiger partial charge is 0 e. The zero-order chi connectivity index (χ0) is 0. The van der Waals surface area contributed by atoms with Crippen molar-refractivity contribution in [1.82, 2.24) is 0 Å². The predicted molar refractivity (Wildman–Crippen MR) is 8.54 cm³/mol. The molecule has 1 radical (unpaired) electrons. The first kappa shape index (κ1) is 45.4. The Bertz CT molecular complexity index is 9.61. The van der Waals surface area contributed by atoms with E-state index in [2.05, 4.69) is 0 Å². The second-order valence-electron chi connectivity index (χ2n) is 0. The summed E-state index contributed by atoms with van der Waals surface area (Å²) in [5, 5.41) is 0. The summed E-state index contributed by atoms with van der Waals surface area (Å²) in [7, 11) is 0. The third kappa shape index (κ3) is 19.9. The fourth-order valence-corrected chi connectivity index (χ4v) is 0. The molecule has 0 fully saturated rings. The van der Waals surface area contributed by atoms with Crippen LogP contribution in [-0.4, -0.2) is 23.1 Å². The quantitative estimate of drug-likeness (QED) is 0.483. The summed E-state index contributed by atoms with van der Waals surface area (Å²) in [6.07, 6.45) is 0. The monoisotopic (exact) mass is 243 g/mol. The molecule has 0 aliphatic rings. The molecule has 0 amide bonds. The van der Waals surface area contributed by atoms with Gasteiger partial charge in [0, 0.05) is 68.3 Å². The Balaban J connectivity index is 0. The maximum Gasteiger partial charge on any atom is 0.316 e. The van der Waals surface area contributed by atoms with Gasteiger partial charge in [-0.3, -0.25) is 0 Å². The van der Waals surface area contributed by atoms with E-state index in [4.69, 9.17) is 0 Å². The van der Waals surface area contributed by atoms with Gasteiger partial charge in [0.15, 0.2) is 0 Å². The van der Waals surface area contributed by atoms with Gasteiger partial charge < -0.3 is 0 Å². The Kier molecular flexibility index (Phi) is 263. The normalized spacial score (nSPS) is 0. The first-order valence-electron chi connectivity index (χ1n) is 0. The van der Waals surface area contributed by atoms with Gasteiger partial charge in [0.05, 0.1) is 0 Å². The molecule has 33 valence electrons. The van der Waals surface area contributed by atoms with Crippen molar-refractivity contribution in [3.8, 4) is 0 Å². The summed E-state index contributed by atoms with van der Waals surface area (Å²) in [6, 6.07) is 0. The van der Waals surface area contributed by atoms with Crippen molar-refractivity contribution in [3.63, 3.8) is 0 Å². The molecule has 0 spiro atoms. The standard InChI is InChI=1S/2Cr.Mg.Mn.Ni.2H. The fourth-order valence-electron chi connectivity index (χ4n) is 0. The summed E-state index contributed by atoms with van der Waals surface area (Å²) in [4.78, 5) is 0. The molecule has 0 rings (SSSR count). The molecule has 0 aromatic carbocycles. The minimum atomic E-state index is 0. The molecule has 0 aromatic rings. The van der Waals surface area contributed by atoms with Crippen molar-refractivity contribution in [2.45, 2.75) is 0 Å². The van der Waals surface area contributed by atoms with E-state index in [1.807, 2.05) is 0 Å². The SMILES string of the molecule is [Cr].[Cr].[MgH2].[Mn].[Ni]. The van der Waals surface area contributed by atoms with Crippen LogP contribution in [0.15, 0.2) is 0 Å². The maximum atomic E-state index is 0. The van der Waals surface area contributed by atoms with Gasteiger partial charge in [0.2, 0.25) is 0 Å². The zero-order valence-corrected chi connectivity index (χ0v) is 6.23. The molecule has 0 aliphatic carbocycles. The van der Waals surface area contributed by atoms with Crippen LogP contribution < -0.4 is 0 Å². The van der Waals surface area contributed by atoms with Crippen LogP contribution in [0.2, 0.25) is 0 Å². The molecule has 0 aliphatic heterocycles. The van der Waals surface area contributed by atoms with Gasteiger partial charge in [0.1, 0.15) is 0 Å². The van der Waals surface area contributed by atoms with Gasteiger partial charge >= 0.3 is 23.1 Å². The molecule has 5 heavy (non-hydrogen) atoms. The molecular weight excluding hydrogens is 242 g/mol. The average Bonchev–Trinajstić information content (AvgIpc) is 0. The molecule has 0 unspecified atom stereocenters. The summed E-state index contributed by atoms with van der Waals surface area (Å²) >= 11 is 0. The van der Waals surface area contributed by atoms with E-state index in [1.165, 1.54) is 0 Å². The van der Waals surface area contributed by atoms with E-state index in [0.717, 1.165) is 0 Å². The predicted octanol–water partition coefficient (Wildman–Crippen LogP) is -0.926. The Hall–Kier alpha value is 2.84. The van der Waals surface area contributed by atoms with Crippen LogP contribution in [0.1, 0.15) is 0 Å².